The van der Waals surface area contributed by atoms with Gasteiger partial charge in [0, 0.05) is 23.4 Å². The molecule has 1 saturated carbocycles. The Labute approximate surface area is 174 Å². The van der Waals surface area contributed by atoms with Gasteiger partial charge in [-0.3, -0.25) is 4.79 Å². The van der Waals surface area contributed by atoms with E-state index < -0.39 is 5.92 Å². The van der Waals surface area contributed by atoms with Gasteiger partial charge in [0.05, 0.1) is 32.8 Å². The van der Waals surface area contributed by atoms with Gasteiger partial charge in [0.25, 0.3) is 5.56 Å². The van der Waals surface area contributed by atoms with E-state index in [2.05, 4.69) is 6.07 Å². The van der Waals surface area contributed by atoms with E-state index in [-0.39, 0.29) is 23.1 Å². The topological polar surface area (TPSA) is 109 Å². The first-order chi connectivity index (χ1) is 14.5. The van der Waals surface area contributed by atoms with Crippen LogP contribution in [0.3, 0.4) is 0 Å². The van der Waals surface area contributed by atoms with Crippen molar-refractivity contribution in [1.82, 2.24) is 4.57 Å². The van der Waals surface area contributed by atoms with Crippen LogP contribution in [0.4, 0.5) is 0 Å². The Bertz CT molecular complexity index is 1150. The van der Waals surface area contributed by atoms with E-state index in [1.807, 2.05) is 6.92 Å². The number of pyridine rings is 1. The fraction of sp³-hybridized carbons (Fsp3) is 0.364. The third-order valence-corrected chi connectivity index (χ3v) is 5.58. The zero-order chi connectivity index (χ0) is 21.6. The molecule has 4 rings (SSSR count). The number of fused-ring (bicyclic) bond motifs is 1. The molecule has 0 radical (unpaired) electrons. The molecule has 1 aromatic carbocycles. The van der Waals surface area contributed by atoms with Crippen LogP contribution >= 0.6 is 0 Å². The van der Waals surface area contributed by atoms with Gasteiger partial charge < -0.3 is 29.2 Å². The number of ether oxygens (including phenoxy) is 4. The van der Waals surface area contributed by atoms with Gasteiger partial charge in [0.2, 0.25) is 11.6 Å². The van der Waals surface area contributed by atoms with Crippen molar-refractivity contribution in [2.75, 3.05) is 21.3 Å². The summed E-state index contributed by atoms with van der Waals surface area (Å²) in [6.07, 6.45) is 1.90. The summed E-state index contributed by atoms with van der Waals surface area (Å²) in [5, 5.41) is 9.87. The van der Waals surface area contributed by atoms with Crippen molar-refractivity contribution < 1.29 is 18.9 Å². The summed E-state index contributed by atoms with van der Waals surface area (Å²) in [6.45, 7) is 1.87. The minimum atomic E-state index is -0.758. The molecule has 0 amide bonds. The molecule has 1 fully saturated rings. The van der Waals surface area contributed by atoms with E-state index in [0.29, 0.717) is 34.1 Å². The quantitative estimate of drug-likeness (QED) is 0.809. The normalized spacial score (nSPS) is 17.6. The highest BCUT2D eigenvalue weighted by Crippen LogP contribution is 2.49. The van der Waals surface area contributed by atoms with E-state index in [0.717, 1.165) is 18.5 Å². The molecule has 2 aromatic rings. The van der Waals surface area contributed by atoms with Gasteiger partial charge in [-0.1, -0.05) is 6.07 Å². The van der Waals surface area contributed by atoms with Crippen molar-refractivity contribution in [2.24, 2.45) is 5.73 Å². The summed E-state index contributed by atoms with van der Waals surface area (Å²) in [6, 6.07) is 7.56. The Morgan fingerprint density at radius 1 is 1.17 bits per heavy atom. The van der Waals surface area contributed by atoms with Gasteiger partial charge in [-0.25, -0.2) is 0 Å². The van der Waals surface area contributed by atoms with E-state index >= 15 is 0 Å². The molecule has 0 saturated heterocycles. The second kappa shape index (κ2) is 7.34. The first-order valence-corrected chi connectivity index (χ1v) is 9.59. The predicted molar refractivity (Wildman–Crippen MR) is 109 cm³/mol. The van der Waals surface area contributed by atoms with E-state index in [1.54, 1.807) is 22.8 Å². The molecule has 2 N–H and O–H groups in total. The molecule has 1 atom stereocenters. The number of nitrogens with zero attached hydrogens (tertiary/aromatic N) is 2. The monoisotopic (exact) mass is 409 g/mol. The lowest BCUT2D eigenvalue weighted by Crippen LogP contribution is -2.32. The lowest BCUT2D eigenvalue weighted by molar-refractivity contribution is 0.321. The maximum Gasteiger partial charge on any atom is 0.258 e. The Morgan fingerprint density at radius 3 is 2.43 bits per heavy atom. The number of methoxy groups -OCH3 is 3. The standard InChI is InChI=1S/C22H23N3O5/c1-11-9-16-18(22(26)25(11)12-5-6-12)17(14(10-23)21(24)30-16)13-7-8-15(27-2)20(29-4)19(13)28-3/h7-9,12,17H,5-6,24H2,1-4H3/t17-/m1/s1. The molecule has 0 bridgehead atoms. The fourth-order valence-electron chi connectivity index (χ4n) is 4.11. The third kappa shape index (κ3) is 2.86. The summed E-state index contributed by atoms with van der Waals surface area (Å²) in [4.78, 5) is 13.6. The number of allylic oxidation sites excluding steroid dienone is 1. The summed E-state index contributed by atoms with van der Waals surface area (Å²) in [5.74, 6) is 0.776. The highest BCUT2D eigenvalue weighted by atomic mass is 16.5. The maximum atomic E-state index is 13.6. The van der Waals surface area contributed by atoms with Crippen molar-refractivity contribution in [3.8, 4) is 29.1 Å². The predicted octanol–water partition coefficient (Wildman–Crippen LogP) is 2.74. The number of hydrogen-bond donors (Lipinski definition) is 1. The van der Waals surface area contributed by atoms with Crippen LogP contribution in [0.2, 0.25) is 0 Å². The first kappa shape index (κ1) is 19.7. The Balaban J connectivity index is 2.05. The third-order valence-electron chi connectivity index (χ3n) is 5.58. The lowest BCUT2D eigenvalue weighted by atomic mass is 9.83. The van der Waals surface area contributed by atoms with Crippen LogP contribution in [0.5, 0.6) is 23.0 Å². The number of aryl methyl sites for hydroxylation is 1. The number of rotatable bonds is 5. The SMILES string of the molecule is COc1ccc([C@@H]2C(C#N)=C(N)Oc3cc(C)n(C4CC4)c(=O)c32)c(OC)c1OC. The summed E-state index contributed by atoms with van der Waals surface area (Å²) < 4.78 is 24.0. The molecule has 156 valence electrons. The summed E-state index contributed by atoms with van der Waals surface area (Å²) >= 11 is 0. The van der Waals surface area contributed by atoms with Crippen LogP contribution in [-0.2, 0) is 0 Å². The minimum Gasteiger partial charge on any atom is -0.493 e. The van der Waals surface area contributed by atoms with Crippen LogP contribution in [0.25, 0.3) is 0 Å². The fourth-order valence-corrected chi connectivity index (χ4v) is 4.11. The molecule has 1 aliphatic heterocycles. The average Bonchev–Trinajstić information content (AvgIpc) is 3.56. The van der Waals surface area contributed by atoms with Crippen molar-refractivity contribution in [3.05, 3.63) is 56.8 Å². The van der Waals surface area contributed by atoms with E-state index in [1.165, 1.54) is 21.3 Å². The second-order valence-electron chi connectivity index (χ2n) is 7.32. The smallest absolute Gasteiger partial charge is 0.258 e. The van der Waals surface area contributed by atoms with Gasteiger partial charge in [-0.15, -0.1) is 0 Å². The van der Waals surface area contributed by atoms with Crippen molar-refractivity contribution >= 4 is 0 Å². The lowest BCUT2D eigenvalue weighted by Gasteiger charge is -2.29. The highest BCUT2D eigenvalue weighted by molar-refractivity contribution is 5.64. The number of hydrogen-bond acceptors (Lipinski definition) is 7. The van der Waals surface area contributed by atoms with Crippen molar-refractivity contribution in [1.29, 1.82) is 5.26 Å². The van der Waals surface area contributed by atoms with E-state index in [4.69, 9.17) is 24.7 Å². The van der Waals surface area contributed by atoms with Crippen LogP contribution in [0, 0.1) is 18.3 Å². The van der Waals surface area contributed by atoms with Crippen LogP contribution in [0.1, 0.15) is 41.6 Å². The van der Waals surface area contributed by atoms with Gasteiger partial charge in [0.1, 0.15) is 17.4 Å². The molecule has 2 heterocycles. The van der Waals surface area contributed by atoms with Gasteiger partial charge in [0.15, 0.2) is 11.5 Å². The zero-order valence-corrected chi connectivity index (χ0v) is 17.3. The van der Waals surface area contributed by atoms with E-state index in [9.17, 15) is 10.1 Å². The van der Waals surface area contributed by atoms with Gasteiger partial charge in [-0.05, 0) is 25.8 Å². The number of aromatic nitrogens is 1. The summed E-state index contributed by atoms with van der Waals surface area (Å²) in [5.41, 5.74) is 7.79. The van der Waals surface area contributed by atoms with Crippen LogP contribution in [-0.4, -0.2) is 25.9 Å². The second-order valence-corrected chi connectivity index (χ2v) is 7.32. The summed E-state index contributed by atoms with van der Waals surface area (Å²) in [7, 11) is 4.52. The number of nitrogens with two attached hydrogens (primary N) is 1. The molecular weight excluding hydrogens is 386 g/mol. The molecule has 8 heteroatoms. The van der Waals surface area contributed by atoms with Gasteiger partial charge in [-0.2, -0.15) is 5.26 Å². The molecule has 0 unspecified atom stereocenters. The molecule has 30 heavy (non-hydrogen) atoms. The molecule has 0 spiro atoms. The first-order valence-electron chi connectivity index (χ1n) is 9.59. The van der Waals surface area contributed by atoms with Crippen molar-refractivity contribution in [3.63, 3.8) is 0 Å². The minimum absolute atomic E-state index is 0.0326. The molecular formula is C22H23N3O5. The average molecular weight is 409 g/mol. The number of nitriles is 1. The van der Waals surface area contributed by atoms with Gasteiger partial charge >= 0.3 is 0 Å². The Kier molecular flexibility index (Phi) is 4.82. The zero-order valence-electron chi connectivity index (χ0n) is 17.3. The highest BCUT2D eigenvalue weighted by Gasteiger charge is 2.38. The molecule has 1 aromatic heterocycles. The Hall–Kier alpha value is -3.60. The van der Waals surface area contributed by atoms with Crippen LogP contribution < -0.4 is 30.2 Å². The molecule has 2 aliphatic rings. The molecule has 8 nitrogen and oxygen atoms in total. The Morgan fingerprint density at radius 2 is 1.87 bits per heavy atom. The molecule has 1 aliphatic carbocycles. The maximum absolute atomic E-state index is 13.6. The number of benzene rings is 1. The largest absolute Gasteiger partial charge is 0.493 e. The van der Waals surface area contributed by atoms with Crippen LogP contribution in [0.15, 0.2) is 34.4 Å². The van der Waals surface area contributed by atoms with Crippen molar-refractivity contribution in [2.45, 2.75) is 31.7 Å².